The first-order valence-electron chi connectivity index (χ1n) is 15.5. The van der Waals surface area contributed by atoms with Crippen LogP contribution in [0.1, 0.15) is 49.4 Å². The van der Waals surface area contributed by atoms with Gasteiger partial charge in [-0.3, -0.25) is 9.59 Å². The number of aryl methyl sites for hydroxylation is 2. The molecule has 5 aromatic rings. The molecule has 5 aromatic carbocycles. The van der Waals surface area contributed by atoms with Gasteiger partial charge in [0.1, 0.15) is 36.2 Å². The van der Waals surface area contributed by atoms with Gasteiger partial charge in [0.15, 0.2) is 0 Å². The average molecular weight is 629 g/mol. The van der Waals surface area contributed by atoms with Crippen LogP contribution in [-0.2, 0) is 13.2 Å². The fourth-order valence-corrected chi connectivity index (χ4v) is 5.18. The summed E-state index contributed by atoms with van der Waals surface area (Å²) in [5, 5.41) is 5.91. The van der Waals surface area contributed by atoms with Gasteiger partial charge in [0.05, 0.1) is 24.3 Å². The van der Waals surface area contributed by atoms with Gasteiger partial charge in [-0.1, -0.05) is 36.4 Å². The van der Waals surface area contributed by atoms with Crippen LogP contribution in [0.15, 0.2) is 109 Å². The van der Waals surface area contributed by atoms with E-state index in [0.717, 1.165) is 22.3 Å². The number of nitrogens with one attached hydrogen (secondary N) is 2. The minimum Gasteiger partial charge on any atom is -0.493 e. The van der Waals surface area contributed by atoms with Gasteiger partial charge in [0, 0.05) is 17.8 Å². The zero-order chi connectivity index (χ0) is 32.6. The number of fused-ring (bicyclic) bond motifs is 2. The number of anilines is 2. The maximum atomic E-state index is 13.3. The first-order valence-corrected chi connectivity index (χ1v) is 15.5. The lowest BCUT2D eigenvalue weighted by Gasteiger charge is -2.17. The van der Waals surface area contributed by atoms with Crippen LogP contribution in [0.2, 0.25) is 0 Å². The van der Waals surface area contributed by atoms with E-state index in [1.165, 1.54) is 0 Å². The largest absolute Gasteiger partial charge is 0.493 e. The number of benzene rings is 5. The quantitative estimate of drug-likeness (QED) is 0.180. The SMILES string of the molecule is Cc1cc2c(cc1C)COc1ccccc1C(=O)Nc1ccc(cc1)OCCCOc1ccc(cc1)NC(=O)c1ccccc1OC2. The van der Waals surface area contributed by atoms with Crippen molar-refractivity contribution in [3.05, 3.63) is 143 Å². The zero-order valence-electron chi connectivity index (χ0n) is 26.4. The van der Waals surface area contributed by atoms with Crippen molar-refractivity contribution in [1.29, 1.82) is 0 Å². The molecule has 0 aliphatic carbocycles. The summed E-state index contributed by atoms with van der Waals surface area (Å²) in [6.07, 6.45) is 0.674. The molecule has 8 rings (SSSR count). The van der Waals surface area contributed by atoms with E-state index in [2.05, 4.69) is 22.8 Å². The highest BCUT2D eigenvalue weighted by atomic mass is 16.5. The highest BCUT2D eigenvalue weighted by Crippen LogP contribution is 2.27. The maximum Gasteiger partial charge on any atom is 0.259 e. The predicted molar refractivity (Wildman–Crippen MR) is 182 cm³/mol. The third kappa shape index (κ3) is 7.91. The van der Waals surface area contributed by atoms with Crippen LogP contribution in [0.4, 0.5) is 11.4 Å². The molecule has 3 aliphatic rings. The monoisotopic (exact) mass is 628 g/mol. The highest BCUT2D eigenvalue weighted by Gasteiger charge is 2.17. The van der Waals surface area contributed by atoms with Crippen molar-refractivity contribution in [2.45, 2.75) is 33.5 Å². The Kier molecular flexibility index (Phi) is 9.67. The number of ether oxygens (including phenoxy) is 4. The van der Waals surface area contributed by atoms with E-state index < -0.39 is 0 Å². The van der Waals surface area contributed by atoms with Crippen molar-refractivity contribution in [2.75, 3.05) is 23.8 Å². The van der Waals surface area contributed by atoms with Crippen LogP contribution in [0, 0.1) is 13.8 Å². The van der Waals surface area contributed by atoms with Crippen LogP contribution in [0.5, 0.6) is 23.0 Å². The summed E-state index contributed by atoms with van der Waals surface area (Å²) < 4.78 is 24.2. The van der Waals surface area contributed by atoms with Crippen molar-refractivity contribution in [3.63, 3.8) is 0 Å². The third-order valence-electron chi connectivity index (χ3n) is 7.90. The van der Waals surface area contributed by atoms with E-state index in [0.29, 0.717) is 65.1 Å². The molecule has 0 saturated carbocycles. The molecular weight excluding hydrogens is 592 g/mol. The van der Waals surface area contributed by atoms with E-state index in [1.807, 2.05) is 50.2 Å². The van der Waals surface area contributed by atoms with Crippen LogP contribution < -0.4 is 29.6 Å². The number of rotatable bonds is 0. The molecule has 0 radical (unpaired) electrons. The first kappa shape index (κ1) is 31.2. The number of hydrogen-bond donors (Lipinski definition) is 2. The number of para-hydroxylation sites is 2. The molecule has 238 valence electrons. The highest BCUT2D eigenvalue weighted by molar-refractivity contribution is 6.06. The molecule has 8 heteroatoms. The van der Waals surface area contributed by atoms with E-state index >= 15 is 0 Å². The summed E-state index contributed by atoms with van der Waals surface area (Å²) in [4.78, 5) is 26.6. The Balaban J connectivity index is 1.28. The summed E-state index contributed by atoms with van der Waals surface area (Å²) in [5.41, 5.74) is 6.17. The van der Waals surface area contributed by atoms with Gasteiger partial charge in [-0.15, -0.1) is 0 Å². The van der Waals surface area contributed by atoms with Crippen molar-refractivity contribution < 1.29 is 28.5 Å². The fraction of sp³-hybridized carbons (Fsp3) is 0.179. The third-order valence-corrected chi connectivity index (χ3v) is 7.90. The predicted octanol–water partition coefficient (Wildman–Crippen LogP) is 8.13. The standard InChI is InChI=1S/C39H36N2O6/c1-26-22-28-24-46-36-10-5-3-8-34(36)38(42)40-30-12-16-32(17-13-30)44-20-7-21-45-33-18-14-31(15-19-33)41-39(43)35-9-4-6-11-37(35)47-25-29(28)23-27(26)2/h3-6,8-19,22-23H,7,20-21,24-25H2,1-2H3,(H,40,42)(H,41,43). The van der Waals surface area contributed by atoms with Crippen LogP contribution in [0.3, 0.4) is 0 Å². The van der Waals surface area contributed by atoms with Crippen LogP contribution in [0.25, 0.3) is 0 Å². The summed E-state index contributed by atoms with van der Waals surface area (Å²) in [6, 6.07) is 33.0. The Morgan fingerprint density at radius 2 is 0.915 bits per heavy atom. The second-order valence-electron chi connectivity index (χ2n) is 11.3. The molecule has 0 saturated heterocycles. The molecule has 47 heavy (non-hydrogen) atoms. The van der Waals surface area contributed by atoms with Crippen molar-refractivity contribution >= 4 is 23.2 Å². The molecule has 0 aromatic heterocycles. The Hall–Kier alpha value is -5.76. The lowest BCUT2D eigenvalue weighted by molar-refractivity contribution is 0.101. The molecule has 8 nitrogen and oxygen atoms in total. The van der Waals surface area contributed by atoms with Crippen molar-refractivity contribution in [3.8, 4) is 23.0 Å². The van der Waals surface area contributed by atoms with E-state index in [1.54, 1.807) is 60.7 Å². The van der Waals surface area contributed by atoms with E-state index in [-0.39, 0.29) is 25.0 Å². The molecule has 2 N–H and O–H groups in total. The normalized spacial score (nSPS) is 14.0. The maximum absolute atomic E-state index is 13.3. The molecular formula is C39H36N2O6. The topological polar surface area (TPSA) is 95.1 Å². The fourth-order valence-electron chi connectivity index (χ4n) is 5.18. The molecule has 3 heterocycles. The summed E-state index contributed by atoms with van der Waals surface area (Å²) in [5.74, 6) is 1.75. The van der Waals surface area contributed by atoms with Crippen molar-refractivity contribution in [1.82, 2.24) is 0 Å². The van der Waals surface area contributed by atoms with Gasteiger partial charge in [-0.2, -0.15) is 0 Å². The second-order valence-corrected chi connectivity index (χ2v) is 11.3. The minimum absolute atomic E-state index is 0.220. The van der Waals surface area contributed by atoms with Gasteiger partial charge in [-0.05, 0) is 109 Å². The lowest BCUT2D eigenvalue weighted by Crippen LogP contribution is -2.15. The number of carbonyl (C=O) groups excluding carboxylic acids is 2. The lowest BCUT2D eigenvalue weighted by atomic mass is 10.0. The second kappa shape index (κ2) is 14.6. The smallest absolute Gasteiger partial charge is 0.259 e. The zero-order valence-corrected chi connectivity index (χ0v) is 26.4. The Bertz CT molecular complexity index is 1730. The Labute approximate surface area is 274 Å². The number of amides is 2. The van der Waals surface area contributed by atoms with Crippen LogP contribution in [-0.4, -0.2) is 25.0 Å². The Morgan fingerprint density at radius 1 is 0.511 bits per heavy atom. The first-order chi connectivity index (χ1) is 22.9. The molecule has 0 atom stereocenters. The molecule has 0 spiro atoms. The molecule has 3 aliphatic heterocycles. The summed E-state index contributed by atoms with van der Waals surface area (Å²) in [6.45, 7) is 5.46. The van der Waals surface area contributed by atoms with Crippen molar-refractivity contribution in [2.24, 2.45) is 0 Å². The summed E-state index contributed by atoms with van der Waals surface area (Å²) in [7, 11) is 0. The van der Waals surface area contributed by atoms with Gasteiger partial charge in [0.25, 0.3) is 11.8 Å². The van der Waals surface area contributed by atoms with Gasteiger partial charge in [0.2, 0.25) is 0 Å². The van der Waals surface area contributed by atoms with Gasteiger partial charge >= 0.3 is 0 Å². The molecule has 4 bridgehead atoms. The summed E-state index contributed by atoms with van der Waals surface area (Å²) >= 11 is 0. The van der Waals surface area contributed by atoms with Gasteiger partial charge in [-0.25, -0.2) is 0 Å². The minimum atomic E-state index is -0.282. The van der Waals surface area contributed by atoms with Gasteiger partial charge < -0.3 is 29.6 Å². The molecule has 0 unspecified atom stereocenters. The molecule has 0 fully saturated rings. The Morgan fingerprint density at radius 3 is 1.34 bits per heavy atom. The van der Waals surface area contributed by atoms with Crippen LogP contribution >= 0.6 is 0 Å². The number of hydrogen-bond acceptors (Lipinski definition) is 6. The molecule has 2 amide bonds. The average Bonchev–Trinajstić information content (AvgIpc) is 3.09. The van der Waals surface area contributed by atoms with E-state index in [4.69, 9.17) is 18.9 Å². The number of carbonyl (C=O) groups is 2. The van der Waals surface area contributed by atoms with E-state index in [9.17, 15) is 9.59 Å².